The van der Waals surface area contributed by atoms with Gasteiger partial charge in [-0.05, 0) is 49.2 Å². The molecule has 1 aliphatic heterocycles. The van der Waals surface area contributed by atoms with Crippen molar-refractivity contribution in [2.24, 2.45) is 0 Å². The Morgan fingerprint density at radius 3 is 2.52 bits per heavy atom. The molecular weight excluding hydrogens is 414 g/mol. The van der Waals surface area contributed by atoms with Crippen molar-refractivity contribution in [1.82, 2.24) is 14.8 Å². The number of allylic oxidation sites excluding steroid dienone is 1. The van der Waals surface area contributed by atoms with Crippen LogP contribution in [0.25, 0.3) is 11.4 Å². The Morgan fingerprint density at radius 2 is 1.76 bits per heavy atom. The third kappa shape index (κ3) is 3.85. The number of aryl methyl sites for hydroxylation is 1. The molecule has 1 amide bonds. The second-order valence-electron chi connectivity index (χ2n) is 8.00. The van der Waals surface area contributed by atoms with Gasteiger partial charge in [-0.15, -0.1) is 5.10 Å². The zero-order chi connectivity index (χ0) is 22.9. The molecule has 1 aromatic heterocycles. The number of phenolic OH excluding ortho intramolecular Hbond substituents is 1. The number of anilines is 2. The lowest BCUT2D eigenvalue weighted by molar-refractivity contribution is -0.113. The summed E-state index contributed by atoms with van der Waals surface area (Å²) in [6, 6.07) is 23.5. The molecule has 33 heavy (non-hydrogen) atoms. The summed E-state index contributed by atoms with van der Waals surface area (Å²) in [5.74, 6) is 0.971. The van der Waals surface area contributed by atoms with Crippen LogP contribution in [0.3, 0.4) is 0 Å². The third-order valence-electron chi connectivity index (χ3n) is 5.70. The summed E-state index contributed by atoms with van der Waals surface area (Å²) in [6.07, 6.45) is 0. The molecule has 7 heteroatoms. The van der Waals surface area contributed by atoms with Gasteiger partial charge in [0.2, 0.25) is 5.95 Å². The van der Waals surface area contributed by atoms with E-state index in [4.69, 9.17) is 10.1 Å². The Labute approximate surface area is 191 Å². The number of aromatic hydroxyl groups is 1. The molecule has 0 spiro atoms. The van der Waals surface area contributed by atoms with E-state index < -0.39 is 6.04 Å². The van der Waals surface area contributed by atoms with Crippen molar-refractivity contribution in [1.29, 1.82) is 0 Å². The highest BCUT2D eigenvalue weighted by molar-refractivity contribution is 6.06. The molecule has 5 rings (SSSR count). The Hall–Kier alpha value is -4.39. The van der Waals surface area contributed by atoms with Crippen molar-refractivity contribution in [2.45, 2.75) is 19.9 Å². The maximum Gasteiger partial charge on any atom is 0.255 e. The zero-order valence-electron chi connectivity index (χ0n) is 18.3. The van der Waals surface area contributed by atoms with Crippen LogP contribution in [0.1, 0.15) is 24.1 Å². The van der Waals surface area contributed by atoms with Crippen LogP contribution < -0.4 is 10.6 Å². The van der Waals surface area contributed by atoms with Gasteiger partial charge in [0.05, 0.1) is 5.57 Å². The molecule has 1 atom stereocenters. The normalized spacial score (nSPS) is 15.0. The minimum absolute atomic E-state index is 0.118. The zero-order valence-corrected chi connectivity index (χ0v) is 18.3. The maximum absolute atomic E-state index is 13.5. The van der Waals surface area contributed by atoms with Crippen molar-refractivity contribution in [3.05, 3.63) is 101 Å². The van der Waals surface area contributed by atoms with Crippen LogP contribution in [0.4, 0.5) is 11.6 Å². The number of rotatable bonds is 4. The number of para-hydroxylation sites is 1. The number of aromatic nitrogens is 3. The molecule has 3 aromatic carbocycles. The van der Waals surface area contributed by atoms with E-state index in [1.165, 1.54) is 0 Å². The van der Waals surface area contributed by atoms with Gasteiger partial charge in [-0.1, -0.05) is 54.6 Å². The number of amides is 1. The molecule has 7 nitrogen and oxygen atoms in total. The molecule has 164 valence electrons. The SMILES string of the molecule is CC1=C(C(=O)Nc2ccccc2)C(c2cccc(O)c2)n2nc(-c3ccccc3C)nc2N1. The van der Waals surface area contributed by atoms with Gasteiger partial charge in [0.1, 0.15) is 11.8 Å². The quantitative estimate of drug-likeness (QED) is 0.423. The lowest BCUT2D eigenvalue weighted by Gasteiger charge is -2.28. The van der Waals surface area contributed by atoms with Gasteiger partial charge >= 0.3 is 0 Å². The van der Waals surface area contributed by atoms with Gasteiger partial charge in [-0.3, -0.25) is 4.79 Å². The first-order chi connectivity index (χ1) is 16.0. The number of phenols is 1. The summed E-state index contributed by atoms with van der Waals surface area (Å²) in [5, 5.41) is 21.2. The average Bonchev–Trinajstić information content (AvgIpc) is 3.22. The van der Waals surface area contributed by atoms with Gasteiger partial charge in [0.15, 0.2) is 5.82 Å². The van der Waals surface area contributed by atoms with E-state index in [2.05, 4.69) is 10.6 Å². The van der Waals surface area contributed by atoms with Gasteiger partial charge < -0.3 is 15.7 Å². The van der Waals surface area contributed by atoms with E-state index >= 15 is 0 Å². The second-order valence-corrected chi connectivity index (χ2v) is 8.00. The number of benzene rings is 3. The van der Waals surface area contributed by atoms with Crippen molar-refractivity contribution in [3.63, 3.8) is 0 Å². The number of carbonyl (C=O) groups is 1. The van der Waals surface area contributed by atoms with E-state index in [1.54, 1.807) is 22.9 Å². The average molecular weight is 438 g/mol. The highest BCUT2D eigenvalue weighted by Crippen LogP contribution is 2.38. The van der Waals surface area contributed by atoms with Crippen LogP contribution in [0.15, 0.2) is 90.1 Å². The smallest absolute Gasteiger partial charge is 0.255 e. The lowest BCUT2D eigenvalue weighted by atomic mass is 9.95. The standard InChI is InChI=1S/C26H23N5O2/c1-16-9-6-7-14-21(16)24-29-26-27-17(2)22(25(33)28-19-11-4-3-5-12-19)23(31(26)30-24)18-10-8-13-20(32)15-18/h3-15,23,32H,1-2H3,(H,28,33)(H,27,29,30). The molecule has 0 aliphatic carbocycles. The van der Waals surface area contributed by atoms with Crippen molar-refractivity contribution >= 4 is 17.5 Å². The first-order valence-electron chi connectivity index (χ1n) is 10.7. The third-order valence-corrected chi connectivity index (χ3v) is 5.70. The molecule has 0 bridgehead atoms. The Bertz CT molecular complexity index is 1370. The predicted molar refractivity (Wildman–Crippen MR) is 128 cm³/mol. The van der Waals surface area contributed by atoms with Crippen LogP contribution in [0, 0.1) is 6.92 Å². The van der Waals surface area contributed by atoms with Gasteiger partial charge in [-0.2, -0.15) is 4.98 Å². The maximum atomic E-state index is 13.5. The first kappa shape index (κ1) is 20.5. The van der Waals surface area contributed by atoms with Gasteiger partial charge in [0.25, 0.3) is 5.91 Å². The van der Waals surface area contributed by atoms with Crippen LogP contribution in [0.2, 0.25) is 0 Å². The predicted octanol–water partition coefficient (Wildman–Crippen LogP) is 4.89. The summed E-state index contributed by atoms with van der Waals surface area (Å²) >= 11 is 0. The summed E-state index contributed by atoms with van der Waals surface area (Å²) < 4.78 is 1.71. The number of carbonyl (C=O) groups excluding carboxylic acids is 1. The number of nitrogens with zero attached hydrogens (tertiary/aromatic N) is 3. The lowest BCUT2D eigenvalue weighted by Crippen LogP contribution is -2.31. The second kappa shape index (κ2) is 8.27. The van der Waals surface area contributed by atoms with Crippen LogP contribution in [-0.2, 0) is 4.79 Å². The Balaban J connectivity index is 1.63. The molecular formula is C26H23N5O2. The van der Waals surface area contributed by atoms with E-state index in [-0.39, 0.29) is 11.7 Å². The molecule has 0 saturated carbocycles. The summed E-state index contributed by atoms with van der Waals surface area (Å²) in [5.41, 5.74) is 4.58. The van der Waals surface area contributed by atoms with E-state index in [0.717, 1.165) is 16.7 Å². The minimum Gasteiger partial charge on any atom is -0.508 e. The molecule has 0 fully saturated rings. The largest absolute Gasteiger partial charge is 0.508 e. The van der Waals surface area contributed by atoms with E-state index in [9.17, 15) is 9.90 Å². The van der Waals surface area contributed by atoms with Crippen molar-refractivity contribution in [2.75, 3.05) is 10.6 Å². The van der Waals surface area contributed by atoms with Crippen molar-refractivity contribution < 1.29 is 9.90 Å². The summed E-state index contributed by atoms with van der Waals surface area (Å²) in [6.45, 7) is 3.86. The first-order valence-corrected chi connectivity index (χ1v) is 10.7. The van der Waals surface area contributed by atoms with Gasteiger partial charge in [0, 0.05) is 16.9 Å². The fourth-order valence-electron chi connectivity index (χ4n) is 4.11. The number of fused-ring (bicyclic) bond motifs is 1. The fourth-order valence-corrected chi connectivity index (χ4v) is 4.11. The molecule has 1 unspecified atom stereocenters. The summed E-state index contributed by atoms with van der Waals surface area (Å²) in [7, 11) is 0. The molecule has 1 aliphatic rings. The van der Waals surface area contributed by atoms with Crippen LogP contribution in [-0.4, -0.2) is 25.8 Å². The molecule has 0 radical (unpaired) electrons. The molecule has 2 heterocycles. The number of hydrogen-bond acceptors (Lipinski definition) is 5. The topological polar surface area (TPSA) is 92.1 Å². The van der Waals surface area contributed by atoms with Crippen LogP contribution >= 0.6 is 0 Å². The Morgan fingerprint density at radius 1 is 1.00 bits per heavy atom. The number of nitrogens with one attached hydrogen (secondary N) is 2. The fraction of sp³-hybridized carbons (Fsp3) is 0.115. The van der Waals surface area contributed by atoms with E-state index in [1.807, 2.05) is 74.5 Å². The highest BCUT2D eigenvalue weighted by atomic mass is 16.3. The molecule has 3 N–H and O–H groups in total. The minimum atomic E-state index is -0.567. The Kier molecular flexibility index (Phi) is 5.14. The van der Waals surface area contributed by atoms with Gasteiger partial charge in [-0.25, -0.2) is 4.68 Å². The van der Waals surface area contributed by atoms with Crippen LogP contribution in [0.5, 0.6) is 5.75 Å². The van der Waals surface area contributed by atoms with E-state index in [0.29, 0.717) is 28.7 Å². The highest BCUT2D eigenvalue weighted by Gasteiger charge is 2.34. The molecule has 4 aromatic rings. The monoisotopic (exact) mass is 437 g/mol. The summed E-state index contributed by atoms with van der Waals surface area (Å²) in [4.78, 5) is 18.2. The number of hydrogen-bond donors (Lipinski definition) is 3. The molecule has 0 saturated heterocycles. The van der Waals surface area contributed by atoms with Crippen molar-refractivity contribution in [3.8, 4) is 17.1 Å².